The molecule has 0 unspecified atom stereocenters. The minimum Gasteiger partial charge on any atom is -0.497 e. The highest BCUT2D eigenvalue weighted by Crippen LogP contribution is 2.30. The van der Waals surface area contributed by atoms with Crippen LogP contribution in [-0.2, 0) is 24.3 Å². The summed E-state index contributed by atoms with van der Waals surface area (Å²) in [6, 6.07) is 7.71. The number of β-amino-alcohol motifs (C(OH)–C–C–N with tert-alkyl or cyclic N) is 1. The molecule has 150 valence electrons. The molecule has 8 heteroatoms. The Hall–Kier alpha value is -2.16. The van der Waals surface area contributed by atoms with Gasteiger partial charge in [-0.15, -0.1) is 11.3 Å². The molecule has 1 aromatic carbocycles. The van der Waals surface area contributed by atoms with Crippen molar-refractivity contribution in [3.8, 4) is 5.75 Å². The molecule has 0 saturated carbocycles. The first-order chi connectivity index (χ1) is 13.5. The van der Waals surface area contributed by atoms with Crippen LogP contribution in [-0.4, -0.2) is 58.1 Å². The Labute approximate surface area is 168 Å². The Morgan fingerprint density at radius 1 is 1.39 bits per heavy atom. The fourth-order valence-corrected chi connectivity index (χ4v) is 5.05. The molecule has 0 bridgehead atoms. The minimum atomic E-state index is -1.34. The lowest BCUT2D eigenvalue weighted by Gasteiger charge is -2.41. The summed E-state index contributed by atoms with van der Waals surface area (Å²) in [6.45, 7) is 2.96. The van der Waals surface area contributed by atoms with Gasteiger partial charge in [0.2, 0.25) is 0 Å². The van der Waals surface area contributed by atoms with Gasteiger partial charge in [-0.05, 0) is 30.5 Å². The maximum atomic E-state index is 13.1. The van der Waals surface area contributed by atoms with E-state index in [1.807, 2.05) is 24.3 Å². The fourth-order valence-electron chi connectivity index (χ4n) is 4.13. The molecule has 1 saturated heterocycles. The van der Waals surface area contributed by atoms with E-state index in [2.05, 4.69) is 9.88 Å². The molecule has 28 heavy (non-hydrogen) atoms. The number of aromatic nitrogens is 1. The molecule has 0 aliphatic carbocycles. The smallest absolute Gasteiger partial charge is 0.256 e. The molecular weight excluding hydrogens is 376 g/mol. The lowest BCUT2D eigenvalue weighted by Crippen LogP contribution is -2.58. The first kappa shape index (κ1) is 19.2. The van der Waals surface area contributed by atoms with E-state index in [-0.39, 0.29) is 5.91 Å². The number of carbonyl (C=O) groups excluding carboxylic acids is 1. The minimum absolute atomic E-state index is 0.184. The van der Waals surface area contributed by atoms with Crippen molar-refractivity contribution in [1.29, 1.82) is 0 Å². The van der Waals surface area contributed by atoms with Gasteiger partial charge in [-0.1, -0.05) is 12.1 Å². The van der Waals surface area contributed by atoms with Crippen LogP contribution in [0.1, 0.15) is 29.0 Å². The zero-order valence-corrected chi connectivity index (χ0v) is 16.9. The maximum absolute atomic E-state index is 13.1. The van der Waals surface area contributed by atoms with Crippen LogP contribution >= 0.6 is 11.3 Å². The number of likely N-dealkylation sites (tertiary alicyclic amines) is 1. The zero-order chi connectivity index (χ0) is 19.7. The first-order valence-corrected chi connectivity index (χ1v) is 10.4. The van der Waals surface area contributed by atoms with E-state index in [4.69, 9.17) is 10.5 Å². The van der Waals surface area contributed by atoms with Crippen molar-refractivity contribution in [2.45, 2.75) is 38.0 Å². The average molecular weight is 403 g/mol. The summed E-state index contributed by atoms with van der Waals surface area (Å²) in [4.78, 5) is 22.5. The third-order valence-corrected chi connectivity index (χ3v) is 6.43. The SMILES string of the molecule is COc1cccc(CN2CCC[C@@](O)(CN3CCc4nc(N)sc4C3)C2=O)c1. The Kier molecular flexibility index (Phi) is 5.27. The number of benzene rings is 1. The van der Waals surface area contributed by atoms with E-state index in [0.717, 1.165) is 41.3 Å². The standard InChI is InChI=1S/C20H26N4O3S/c1-27-15-5-2-4-14(10-15)11-24-8-3-7-20(26,18(24)25)13-23-9-6-16-17(12-23)28-19(21)22-16/h2,4-5,10,26H,3,6-9,11-13H2,1H3,(H2,21,22)/t20-/m1/s1. The second kappa shape index (κ2) is 7.69. The second-order valence-corrected chi connectivity index (χ2v) is 8.71. The normalized spacial score (nSPS) is 22.9. The van der Waals surface area contributed by atoms with Crippen molar-refractivity contribution in [2.75, 3.05) is 32.5 Å². The largest absolute Gasteiger partial charge is 0.497 e. The number of ether oxygens (including phenoxy) is 1. The quantitative estimate of drug-likeness (QED) is 0.790. The Balaban J connectivity index is 1.44. The van der Waals surface area contributed by atoms with E-state index >= 15 is 0 Å². The summed E-state index contributed by atoms with van der Waals surface area (Å²) in [6.07, 6.45) is 2.09. The number of carbonyl (C=O) groups is 1. The topological polar surface area (TPSA) is 91.9 Å². The molecule has 1 amide bonds. The van der Waals surface area contributed by atoms with E-state index in [1.165, 1.54) is 11.3 Å². The van der Waals surface area contributed by atoms with Crippen molar-refractivity contribution in [2.24, 2.45) is 0 Å². The predicted octanol–water partition coefficient (Wildman–Crippen LogP) is 1.65. The molecule has 2 aliphatic heterocycles. The van der Waals surface area contributed by atoms with Gasteiger partial charge in [0.25, 0.3) is 5.91 Å². The van der Waals surface area contributed by atoms with Crippen molar-refractivity contribution < 1.29 is 14.6 Å². The van der Waals surface area contributed by atoms with E-state index in [0.29, 0.717) is 37.7 Å². The van der Waals surface area contributed by atoms with Gasteiger partial charge in [-0.2, -0.15) is 0 Å². The number of fused-ring (bicyclic) bond motifs is 1. The van der Waals surface area contributed by atoms with Crippen molar-refractivity contribution >= 4 is 22.4 Å². The van der Waals surface area contributed by atoms with Gasteiger partial charge in [0.05, 0.1) is 12.8 Å². The van der Waals surface area contributed by atoms with Gasteiger partial charge in [-0.3, -0.25) is 9.69 Å². The predicted molar refractivity (Wildman–Crippen MR) is 108 cm³/mol. The number of nitrogen functional groups attached to an aromatic ring is 1. The number of thiazole rings is 1. The molecule has 1 aromatic heterocycles. The molecule has 7 nitrogen and oxygen atoms in total. The summed E-state index contributed by atoms with van der Waals surface area (Å²) in [5.74, 6) is 0.585. The van der Waals surface area contributed by atoms with Crippen LogP contribution in [0.5, 0.6) is 5.75 Å². The van der Waals surface area contributed by atoms with Crippen LogP contribution in [0.3, 0.4) is 0 Å². The van der Waals surface area contributed by atoms with Gasteiger partial charge < -0.3 is 20.5 Å². The number of methoxy groups -OCH3 is 1. The third kappa shape index (κ3) is 3.85. The van der Waals surface area contributed by atoms with Crippen LogP contribution in [0.25, 0.3) is 0 Å². The number of hydrogen-bond acceptors (Lipinski definition) is 7. The molecule has 2 aliphatic rings. The van der Waals surface area contributed by atoms with E-state index < -0.39 is 5.60 Å². The molecule has 1 atom stereocenters. The van der Waals surface area contributed by atoms with Gasteiger partial charge >= 0.3 is 0 Å². The van der Waals surface area contributed by atoms with Crippen molar-refractivity contribution in [3.05, 3.63) is 40.4 Å². The van der Waals surface area contributed by atoms with Crippen LogP contribution in [0.15, 0.2) is 24.3 Å². The molecule has 0 spiro atoms. The number of nitrogens with two attached hydrogens (primary N) is 1. The van der Waals surface area contributed by atoms with Crippen molar-refractivity contribution in [3.63, 3.8) is 0 Å². The van der Waals surface area contributed by atoms with Crippen LogP contribution < -0.4 is 10.5 Å². The van der Waals surface area contributed by atoms with Crippen molar-refractivity contribution in [1.82, 2.24) is 14.8 Å². The highest BCUT2D eigenvalue weighted by molar-refractivity contribution is 7.15. The summed E-state index contributed by atoms with van der Waals surface area (Å²) >= 11 is 1.50. The monoisotopic (exact) mass is 402 g/mol. The Morgan fingerprint density at radius 3 is 3.07 bits per heavy atom. The Bertz CT molecular complexity index is 871. The second-order valence-electron chi connectivity index (χ2n) is 7.60. The average Bonchev–Trinajstić information content (AvgIpc) is 3.05. The summed E-state index contributed by atoms with van der Waals surface area (Å²) in [7, 11) is 1.63. The maximum Gasteiger partial charge on any atom is 0.256 e. The fraction of sp³-hybridized carbons (Fsp3) is 0.500. The zero-order valence-electron chi connectivity index (χ0n) is 16.1. The highest BCUT2D eigenvalue weighted by Gasteiger charge is 2.43. The van der Waals surface area contributed by atoms with Crippen LogP contribution in [0, 0.1) is 0 Å². The number of anilines is 1. The number of hydrogen-bond donors (Lipinski definition) is 2. The highest BCUT2D eigenvalue weighted by atomic mass is 32.1. The lowest BCUT2D eigenvalue weighted by molar-refractivity contribution is -0.160. The first-order valence-electron chi connectivity index (χ1n) is 9.58. The van der Waals surface area contributed by atoms with Gasteiger partial charge in [-0.25, -0.2) is 4.98 Å². The van der Waals surface area contributed by atoms with Gasteiger partial charge in [0.1, 0.15) is 5.75 Å². The Morgan fingerprint density at radius 2 is 2.25 bits per heavy atom. The molecule has 3 N–H and O–H groups in total. The van der Waals surface area contributed by atoms with Gasteiger partial charge in [0.15, 0.2) is 10.7 Å². The molecule has 0 radical (unpaired) electrons. The molecular formula is C20H26N4O3S. The molecule has 4 rings (SSSR count). The van der Waals surface area contributed by atoms with E-state index in [1.54, 1.807) is 12.0 Å². The number of rotatable bonds is 5. The molecule has 1 fully saturated rings. The molecule has 3 heterocycles. The van der Waals surface area contributed by atoms with Crippen LogP contribution in [0.2, 0.25) is 0 Å². The summed E-state index contributed by atoms with van der Waals surface area (Å²) in [5, 5.41) is 11.8. The summed E-state index contributed by atoms with van der Waals surface area (Å²) in [5.41, 5.74) is 6.53. The van der Waals surface area contributed by atoms with Gasteiger partial charge in [0, 0.05) is 44.0 Å². The number of nitrogens with zero attached hydrogens (tertiary/aromatic N) is 3. The summed E-state index contributed by atoms with van der Waals surface area (Å²) < 4.78 is 5.27. The third-order valence-electron chi connectivity index (χ3n) is 5.52. The lowest BCUT2D eigenvalue weighted by atomic mass is 9.90. The van der Waals surface area contributed by atoms with Crippen LogP contribution in [0.4, 0.5) is 5.13 Å². The molecule has 2 aromatic rings. The van der Waals surface area contributed by atoms with E-state index in [9.17, 15) is 9.90 Å². The number of aliphatic hydroxyl groups is 1. The number of piperidine rings is 1. The number of amides is 1.